The Morgan fingerprint density at radius 3 is 2.05 bits per heavy atom. The van der Waals surface area contributed by atoms with E-state index in [1.54, 1.807) is 42.5 Å². The minimum Gasteiger partial charge on any atom is -0.216 e. The van der Waals surface area contributed by atoms with E-state index in [1.807, 2.05) is 6.07 Å². The third kappa shape index (κ3) is 3.45. The van der Waals surface area contributed by atoms with Crippen LogP contribution in [-0.2, 0) is 9.84 Å². The molecule has 0 saturated heterocycles. The molecule has 2 nitrogen and oxygen atoms in total. The van der Waals surface area contributed by atoms with Gasteiger partial charge in [0.05, 0.1) is 4.90 Å². The topological polar surface area (TPSA) is 34.1 Å². The molecule has 0 aliphatic rings. The zero-order valence-corrected chi connectivity index (χ0v) is 11.5. The molecule has 0 aliphatic carbocycles. The molecule has 19 heavy (non-hydrogen) atoms. The van der Waals surface area contributed by atoms with Gasteiger partial charge in [0.2, 0.25) is 15.0 Å². The third-order valence-corrected chi connectivity index (χ3v) is 4.88. The van der Waals surface area contributed by atoms with E-state index in [2.05, 4.69) is 0 Å². The third-order valence-electron chi connectivity index (χ3n) is 2.34. The molecule has 0 spiro atoms. The van der Waals surface area contributed by atoms with Crippen molar-refractivity contribution in [2.24, 2.45) is 0 Å². The van der Waals surface area contributed by atoms with Crippen LogP contribution in [0.25, 0.3) is 0 Å². The first kappa shape index (κ1) is 13.8. The molecule has 2 aromatic carbocycles. The fraction of sp³-hybridized carbons (Fsp3) is 0. The van der Waals surface area contributed by atoms with E-state index in [0.717, 1.165) is 22.1 Å². The Hall–Kier alpha value is -1.59. The lowest BCUT2D eigenvalue weighted by Crippen LogP contribution is -2.00. The van der Waals surface area contributed by atoms with E-state index in [4.69, 9.17) is 0 Å². The highest BCUT2D eigenvalue weighted by Crippen LogP contribution is 2.26. The average Bonchev–Trinajstić information content (AvgIpc) is 2.46. The van der Waals surface area contributed by atoms with Gasteiger partial charge in [-0.15, -0.1) is 0 Å². The molecule has 2 rings (SSSR count). The summed E-state index contributed by atoms with van der Waals surface area (Å²) in [6.07, 6.45) is 0. The second kappa shape index (κ2) is 6.04. The molecule has 0 aromatic heterocycles. The largest absolute Gasteiger partial charge is 0.233 e. The summed E-state index contributed by atoms with van der Waals surface area (Å²) in [6, 6.07) is 16.6. The fourth-order valence-corrected chi connectivity index (χ4v) is 3.32. The van der Waals surface area contributed by atoms with Gasteiger partial charge in [0.15, 0.2) is 0 Å². The summed E-state index contributed by atoms with van der Waals surface area (Å²) < 4.78 is 37.6. The van der Waals surface area contributed by atoms with Gasteiger partial charge in [-0.05, 0) is 24.3 Å². The van der Waals surface area contributed by atoms with Gasteiger partial charge in [-0.3, -0.25) is 0 Å². The maximum atomic E-state index is 13.8. The van der Waals surface area contributed by atoms with Crippen molar-refractivity contribution in [2.45, 2.75) is 9.79 Å². The summed E-state index contributed by atoms with van der Waals surface area (Å²) in [5.41, 5.74) is 0. The van der Waals surface area contributed by atoms with Crippen molar-refractivity contribution >= 4 is 21.6 Å². The molecule has 2 aromatic rings. The molecule has 0 N–H and O–H groups in total. The van der Waals surface area contributed by atoms with Crippen molar-refractivity contribution in [3.05, 3.63) is 71.2 Å². The molecular formula is C14H11FO2S2. The van der Waals surface area contributed by atoms with Crippen molar-refractivity contribution in [3.63, 3.8) is 0 Å². The van der Waals surface area contributed by atoms with Crippen molar-refractivity contribution in [2.75, 3.05) is 0 Å². The molecule has 98 valence electrons. The van der Waals surface area contributed by atoms with E-state index in [0.29, 0.717) is 0 Å². The first-order chi connectivity index (χ1) is 9.10. The lowest BCUT2D eigenvalue weighted by Gasteiger charge is -2.01. The monoisotopic (exact) mass is 294 g/mol. The van der Waals surface area contributed by atoms with Crippen LogP contribution in [0.5, 0.6) is 0 Å². The molecule has 0 unspecified atom stereocenters. The predicted octanol–water partition coefficient (Wildman–Crippen LogP) is 4.02. The maximum absolute atomic E-state index is 13.8. The molecule has 0 heterocycles. The van der Waals surface area contributed by atoms with Crippen LogP contribution in [0.3, 0.4) is 0 Å². The Morgan fingerprint density at radius 2 is 1.47 bits per heavy atom. The molecule has 0 aliphatic heterocycles. The number of thioether (sulfide) groups is 1. The van der Waals surface area contributed by atoms with Crippen molar-refractivity contribution < 1.29 is 12.8 Å². The highest BCUT2D eigenvalue weighted by atomic mass is 32.2. The molecule has 0 fully saturated rings. The first-order valence-corrected chi connectivity index (χ1v) is 7.84. The van der Waals surface area contributed by atoms with Gasteiger partial charge in [-0.25, -0.2) is 8.42 Å². The van der Waals surface area contributed by atoms with Crippen molar-refractivity contribution in [1.29, 1.82) is 0 Å². The predicted molar refractivity (Wildman–Crippen MR) is 75.1 cm³/mol. The number of sulfone groups is 1. The quantitative estimate of drug-likeness (QED) is 0.799. The number of hydrogen-bond acceptors (Lipinski definition) is 3. The van der Waals surface area contributed by atoms with Crippen LogP contribution in [-0.4, -0.2) is 8.42 Å². The van der Waals surface area contributed by atoms with E-state index in [9.17, 15) is 12.8 Å². The Morgan fingerprint density at radius 1 is 0.947 bits per heavy atom. The summed E-state index contributed by atoms with van der Waals surface area (Å²) in [4.78, 5) is 0.735. The first-order valence-electron chi connectivity index (χ1n) is 5.48. The van der Waals surface area contributed by atoms with Gasteiger partial charge < -0.3 is 0 Å². The molecule has 5 heteroatoms. The maximum Gasteiger partial charge on any atom is 0.233 e. The summed E-state index contributed by atoms with van der Waals surface area (Å²) in [6.45, 7) is 0. The summed E-state index contributed by atoms with van der Waals surface area (Å²) >= 11 is 1.03. The smallest absolute Gasteiger partial charge is 0.216 e. The summed E-state index contributed by atoms with van der Waals surface area (Å²) in [5.74, 6) is 0. The Bertz CT molecular complexity index is 665. The Labute approximate surface area is 115 Å². The van der Waals surface area contributed by atoms with Crippen molar-refractivity contribution in [3.8, 4) is 0 Å². The van der Waals surface area contributed by atoms with Gasteiger partial charge in [0.1, 0.15) is 0 Å². The minimum absolute atomic E-state index is 0.0441. The fourth-order valence-electron chi connectivity index (χ4n) is 1.39. The molecule has 0 amide bonds. The van der Waals surface area contributed by atoms with Gasteiger partial charge in [0, 0.05) is 10.3 Å². The molecular weight excluding hydrogens is 283 g/mol. The van der Waals surface area contributed by atoms with Crippen LogP contribution in [0.4, 0.5) is 4.39 Å². The van der Waals surface area contributed by atoms with Gasteiger partial charge in [0.25, 0.3) is 0 Å². The molecule has 0 atom stereocenters. The molecule has 0 bridgehead atoms. The number of halogens is 1. The van der Waals surface area contributed by atoms with Crippen LogP contribution in [0.2, 0.25) is 0 Å². The van der Waals surface area contributed by atoms with Crippen LogP contribution in [0.1, 0.15) is 0 Å². The van der Waals surface area contributed by atoms with E-state index < -0.39 is 15.0 Å². The Balaban J connectivity index is 2.22. The highest BCUT2D eigenvalue weighted by molar-refractivity contribution is 8.03. The van der Waals surface area contributed by atoms with Crippen molar-refractivity contribution in [1.82, 2.24) is 0 Å². The second-order valence-electron chi connectivity index (χ2n) is 3.67. The Kier molecular flexibility index (Phi) is 4.39. The normalized spacial score (nSPS) is 12.4. The molecule has 0 radical (unpaired) electrons. The highest BCUT2D eigenvalue weighted by Gasteiger charge is 2.20. The van der Waals surface area contributed by atoms with Gasteiger partial charge in [-0.1, -0.05) is 48.2 Å². The second-order valence-corrected chi connectivity index (χ2v) is 6.48. The zero-order valence-electron chi connectivity index (χ0n) is 9.86. The number of benzene rings is 2. The standard InChI is InChI=1S/C14H11FO2S2/c15-14(11-18-12-7-3-1-4-8-12)19(16,17)13-9-5-2-6-10-13/h1-11H/b14-11+. The van der Waals surface area contributed by atoms with E-state index in [-0.39, 0.29) is 4.90 Å². The van der Waals surface area contributed by atoms with Crippen LogP contribution in [0.15, 0.2) is 81.0 Å². The van der Waals surface area contributed by atoms with Crippen LogP contribution in [0, 0.1) is 0 Å². The minimum atomic E-state index is -4.04. The number of hydrogen-bond donors (Lipinski definition) is 0. The summed E-state index contributed by atoms with van der Waals surface area (Å²) in [5, 5.41) is -0.134. The number of rotatable bonds is 4. The zero-order chi connectivity index (χ0) is 13.7. The SMILES string of the molecule is O=S(=O)(/C(F)=C/Sc1ccccc1)c1ccccc1. The lowest BCUT2D eigenvalue weighted by molar-refractivity contribution is 0.578. The van der Waals surface area contributed by atoms with Crippen LogP contribution < -0.4 is 0 Å². The lowest BCUT2D eigenvalue weighted by atomic mass is 10.4. The molecule has 0 saturated carbocycles. The van der Waals surface area contributed by atoms with E-state index in [1.165, 1.54) is 12.1 Å². The summed E-state index contributed by atoms with van der Waals surface area (Å²) in [7, 11) is -4.04. The van der Waals surface area contributed by atoms with Crippen LogP contribution >= 0.6 is 11.8 Å². The van der Waals surface area contributed by atoms with Gasteiger partial charge >= 0.3 is 0 Å². The van der Waals surface area contributed by atoms with E-state index >= 15 is 0 Å². The van der Waals surface area contributed by atoms with Gasteiger partial charge in [-0.2, -0.15) is 4.39 Å². The average molecular weight is 294 g/mol.